The van der Waals surface area contributed by atoms with Crippen molar-refractivity contribution in [3.05, 3.63) is 38.6 Å². The second-order valence-corrected chi connectivity index (χ2v) is 7.74. The van der Waals surface area contributed by atoms with Crippen molar-refractivity contribution in [1.29, 1.82) is 0 Å². The number of ether oxygens (including phenoxy) is 2. The molecule has 0 unspecified atom stereocenters. The quantitative estimate of drug-likeness (QED) is 0.661. The molecule has 1 N–H and O–H groups in total. The molecule has 0 bridgehead atoms. The van der Waals surface area contributed by atoms with Gasteiger partial charge < -0.3 is 24.1 Å². The molecule has 2 aromatic heterocycles. The molecule has 8 nitrogen and oxygen atoms in total. The highest BCUT2D eigenvalue weighted by atomic mass is 79.9. The number of furan rings is 1. The summed E-state index contributed by atoms with van der Waals surface area (Å²) < 4.78 is 15.9. The second-order valence-electron chi connectivity index (χ2n) is 5.86. The molecule has 0 spiro atoms. The highest BCUT2D eigenvalue weighted by Crippen LogP contribution is 2.38. The molecular weight excluding hydrogens is 452 g/mol. The van der Waals surface area contributed by atoms with Crippen LogP contribution in [-0.4, -0.2) is 42.6 Å². The van der Waals surface area contributed by atoms with E-state index in [1.165, 1.54) is 17.4 Å². The average molecular weight is 471 g/mol. The number of carbonyl (C=O) groups excluding carboxylic acids is 3. The lowest BCUT2D eigenvalue weighted by Crippen LogP contribution is -2.36. The third kappa shape index (κ3) is 4.22. The van der Waals surface area contributed by atoms with Gasteiger partial charge in [0.2, 0.25) is 0 Å². The normalized spacial score (nSPS) is 13.0. The van der Waals surface area contributed by atoms with Crippen molar-refractivity contribution in [3.8, 4) is 0 Å². The molecule has 3 rings (SSSR count). The molecule has 0 aromatic carbocycles. The lowest BCUT2D eigenvalue weighted by molar-refractivity contribution is 0.0526. The van der Waals surface area contributed by atoms with Crippen molar-refractivity contribution in [3.63, 3.8) is 0 Å². The number of anilines is 1. The number of hydrogen-bond donors (Lipinski definition) is 1. The third-order valence-corrected chi connectivity index (χ3v) is 5.64. The van der Waals surface area contributed by atoms with Crippen molar-refractivity contribution in [2.24, 2.45) is 0 Å². The molecule has 10 heteroatoms. The van der Waals surface area contributed by atoms with Gasteiger partial charge in [-0.1, -0.05) is 0 Å². The molecule has 28 heavy (non-hydrogen) atoms. The van der Waals surface area contributed by atoms with E-state index in [9.17, 15) is 14.4 Å². The Morgan fingerprint density at radius 3 is 2.64 bits per heavy atom. The lowest BCUT2D eigenvalue weighted by Gasteiger charge is -2.26. The Bertz CT molecular complexity index is 906. The Kier molecular flexibility index (Phi) is 6.40. The molecule has 0 aliphatic carbocycles. The topological polar surface area (TPSA) is 98.1 Å². The van der Waals surface area contributed by atoms with Crippen LogP contribution in [-0.2, 0) is 22.4 Å². The fraction of sp³-hybridized carbons (Fsp3) is 0.389. The van der Waals surface area contributed by atoms with Crippen molar-refractivity contribution in [2.75, 3.05) is 25.1 Å². The van der Waals surface area contributed by atoms with Crippen LogP contribution in [0, 0.1) is 0 Å². The molecule has 2 amide bonds. The number of rotatable bonds is 5. The SMILES string of the molecule is CCOC(=O)c1c(NC(=O)c2ccc(Br)o2)sc2c1CCN(C(=O)OCC)C2. The van der Waals surface area contributed by atoms with E-state index in [-0.39, 0.29) is 12.4 Å². The predicted molar refractivity (Wildman–Crippen MR) is 106 cm³/mol. The van der Waals surface area contributed by atoms with Gasteiger partial charge in [0.05, 0.1) is 25.3 Å². The number of esters is 1. The summed E-state index contributed by atoms with van der Waals surface area (Å²) in [4.78, 5) is 39.4. The minimum absolute atomic E-state index is 0.112. The minimum atomic E-state index is -0.500. The van der Waals surface area contributed by atoms with Crippen LogP contribution in [0.25, 0.3) is 0 Å². The van der Waals surface area contributed by atoms with Crippen molar-refractivity contribution in [1.82, 2.24) is 4.90 Å². The molecule has 3 heterocycles. The summed E-state index contributed by atoms with van der Waals surface area (Å²) in [5.41, 5.74) is 1.13. The van der Waals surface area contributed by atoms with E-state index in [4.69, 9.17) is 13.9 Å². The zero-order chi connectivity index (χ0) is 20.3. The van der Waals surface area contributed by atoms with Crippen LogP contribution < -0.4 is 5.32 Å². The molecular formula is C18H19BrN2O6S. The van der Waals surface area contributed by atoms with Gasteiger partial charge in [-0.2, -0.15) is 0 Å². The highest BCUT2D eigenvalue weighted by Gasteiger charge is 2.31. The largest absolute Gasteiger partial charge is 0.462 e. The first-order valence-corrected chi connectivity index (χ1v) is 10.4. The van der Waals surface area contributed by atoms with Crippen LogP contribution in [0.5, 0.6) is 0 Å². The summed E-state index contributed by atoms with van der Waals surface area (Å²) in [5, 5.41) is 3.12. The first-order chi connectivity index (χ1) is 13.4. The van der Waals surface area contributed by atoms with E-state index < -0.39 is 18.0 Å². The molecule has 1 aliphatic rings. The number of carbonyl (C=O) groups is 3. The molecule has 150 valence electrons. The zero-order valence-corrected chi connectivity index (χ0v) is 17.8. The number of amides is 2. The van der Waals surface area contributed by atoms with E-state index >= 15 is 0 Å². The molecule has 0 saturated heterocycles. The number of halogens is 1. The third-order valence-electron chi connectivity index (χ3n) is 4.09. The molecule has 0 fully saturated rings. The predicted octanol–water partition coefficient (Wildman–Crippen LogP) is 4.05. The van der Waals surface area contributed by atoms with Gasteiger partial charge in [-0.15, -0.1) is 11.3 Å². The van der Waals surface area contributed by atoms with Gasteiger partial charge in [0.25, 0.3) is 5.91 Å². The fourth-order valence-corrected chi connectivity index (χ4v) is 4.44. The van der Waals surface area contributed by atoms with Crippen LogP contribution in [0.1, 0.15) is 45.2 Å². The number of nitrogens with zero attached hydrogens (tertiary/aromatic N) is 1. The molecule has 0 atom stereocenters. The Labute approximate surface area is 173 Å². The van der Waals surface area contributed by atoms with Crippen molar-refractivity contribution >= 4 is 50.2 Å². The van der Waals surface area contributed by atoms with E-state index in [1.54, 1.807) is 24.8 Å². The molecule has 0 saturated carbocycles. The Balaban J connectivity index is 1.90. The zero-order valence-electron chi connectivity index (χ0n) is 15.4. The number of fused-ring (bicyclic) bond motifs is 1. The molecule has 0 radical (unpaired) electrons. The number of thiophene rings is 1. The van der Waals surface area contributed by atoms with Gasteiger partial charge in [0, 0.05) is 11.4 Å². The van der Waals surface area contributed by atoms with E-state index in [1.807, 2.05) is 0 Å². The Morgan fingerprint density at radius 1 is 1.25 bits per heavy atom. The molecule has 1 aliphatic heterocycles. The van der Waals surface area contributed by atoms with Gasteiger partial charge >= 0.3 is 12.1 Å². The molecule has 2 aromatic rings. The van der Waals surface area contributed by atoms with Crippen LogP contribution in [0.2, 0.25) is 0 Å². The van der Waals surface area contributed by atoms with E-state index in [2.05, 4.69) is 21.2 Å². The lowest BCUT2D eigenvalue weighted by atomic mass is 10.0. The minimum Gasteiger partial charge on any atom is -0.462 e. The van der Waals surface area contributed by atoms with Gasteiger partial charge in [-0.05, 0) is 53.9 Å². The highest BCUT2D eigenvalue weighted by molar-refractivity contribution is 9.10. The van der Waals surface area contributed by atoms with E-state index in [0.29, 0.717) is 41.4 Å². The maximum atomic E-state index is 12.5. The summed E-state index contributed by atoms with van der Waals surface area (Å²) in [6.45, 7) is 4.72. The Hall–Kier alpha value is -2.33. The van der Waals surface area contributed by atoms with Crippen molar-refractivity contribution < 1.29 is 28.3 Å². The van der Waals surface area contributed by atoms with Crippen LogP contribution >= 0.6 is 27.3 Å². The summed E-state index contributed by atoms with van der Waals surface area (Å²) in [6.07, 6.45) is 0.0753. The van der Waals surface area contributed by atoms with Gasteiger partial charge in [0.15, 0.2) is 10.4 Å². The summed E-state index contributed by atoms with van der Waals surface area (Å²) >= 11 is 4.41. The van der Waals surface area contributed by atoms with Crippen molar-refractivity contribution in [2.45, 2.75) is 26.8 Å². The summed E-state index contributed by atoms with van der Waals surface area (Å²) in [6, 6.07) is 3.14. The Morgan fingerprint density at radius 2 is 2.00 bits per heavy atom. The first-order valence-electron chi connectivity index (χ1n) is 8.74. The van der Waals surface area contributed by atoms with Gasteiger partial charge in [0.1, 0.15) is 5.00 Å². The van der Waals surface area contributed by atoms with Gasteiger partial charge in [-0.25, -0.2) is 9.59 Å². The first kappa shape index (κ1) is 20.4. The summed E-state index contributed by atoms with van der Waals surface area (Å²) in [7, 11) is 0. The monoisotopic (exact) mass is 470 g/mol. The van der Waals surface area contributed by atoms with E-state index in [0.717, 1.165) is 10.4 Å². The second kappa shape index (κ2) is 8.78. The van der Waals surface area contributed by atoms with Crippen LogP contribution in [0.4, 0.5) is 9.80 Å². The maximum Gasteiger partial charge on any atom is 0.410 e. The van der Waals surface area contributed by atoms with Gasteiger partial charge in [-0.3, -0.25) is 4.79 Å². The average Bonchev–Trinajstić information content (AvgIpc) is 3.24. The van der Waals surface area contributed by atoms with Crippen LogP contribution in [0.3, 0.4) is 0 Å². The standard InChI is InChI=1S/C18H19BrN2O6S/c1-3-25-17(23)14-10-7-8-21(18(24)26-4-2)9-12(10)28-16(14)20-15(22)11-5-6-13(19)27-11/h5-6H,3-4,7-9H2,1-2H3,(H,20,22). The maximum absolute atomic E-state index is 12.5. The fourth-order valence-electron chi connectivity index (χ4n) is 2.88. The summed E-state index contributed by atoms with van der Waals surface area (Å²) in [5.74, 6) is -0.862. The van der Waals surface area contributed by atoms with Crippen LogP contribution in [0.15, 0.2) is 21.2 Å². The smallest absolute Gasteiger partial charge is 0.410 e. The number of nitrogens with one attached hydrogen (secondary N) is 1. The number of hydrogen-bond acceptors (Lipinski definition) is 7.